The maximum Gasteiger partial charge on any atom is 0.300 e. The summed E-state index contributed by atoms with van der Waals surface area (Å²) in [6, 6.07) is 15.5. The van der Waals surface area contributed by atoms with Gasteiger partial charge in [0.15, 0.2) is 0 Å². The zero-order chi connectivity index (χ0) is 21.4. The van der Waals surface area contributed by atoms with E-state index in [0.29, 0.717) is 16.9 Å². The van der Waals surface area contributed by atoms with Crippen LogP contribution in [-0.4, -0.2) is 21.8 Å². The normalized spacial score (nSPS) is 18.1. The summed E-state index contributed by atoms with van der Waals surface area (Å²) in [4.78, 5) is 31.7. The first-order chi connectivity index (χ1) is 14.4. The maximum absolute atomic E-state index is 13.7. The Morgan fingerprint density at radius 3 is 2.50 bits per heavy atom. The number of aliphatic hydroxyl groups excluding tert-OH is 1. The van der Waals surface area contributed by atoms with Crippen LogP contribution in [0.2, 0.25) is 0 Å². The van der Waals surface area contributed by atoms with Crippen LogP contribution in [0.15, 0.2) is 72.4 Å². The Morgan fingerprint density at radius 1 is 1.03 bits per heavy atom. The molecule has 1 aliphatic heterocycles. The van der Waals surface area contributed by atoms with Crippen LogP contribution in [0.25, 0.3) is 5.76 Å². The minimum Gasteiger partial charge on any atom is -0.507 e. The van der Waals surface area contributed by atoms with Crippen molar-refractivity contribution in [2.45, 2.75) is 19.9 Å². The number of rotatable bonds is 3. The monoisotopic (exact) mass is 402 g/mol. The highest BCUT2D eigenvalue weighted by atomic mass is 19.1. The lowest BCUT2D eigenvalue weighted by molar-refractivity contribution is -0.132. The molecule has 3 aromatic rings. The summed E-state index contributed by atoms with van der Waals surface area (Å²) < 4.78 is 13.7. The third kappa shape index (κ3) is 3.26. The van der Waals surface area contributed by atoms with E-state index in [1.807, 2.05) is 13.0 Å². The summed E-state index contributed by atoms with van der Waals surface area (Å²) in [5.41, 5.74) is 2.40. The number of halogens is 1. The van der Waals surface area contributed by atoms with Gasteiger partial charge in [-0.1, -0.05) is 18.2 Å². The highest BCUT2D eigenvalue weighted by Crippen LogP contribution is 2.41. The number of Topliss-reactive ketones (excluding diaryl/α,β-unsaturated/α-hetero) is 1. The molecular weight excluding hydrogens is 383 g/mol. The number of aromatic nitrogens is 1. The molecule has 1 unspecified atom stereocenters. The molecule has 1 amide bonds. The van der Waals surface area contributed by atoms with Crippen molar-refractivity contribution < 1.29 is 19.1 Å². The van der Waals surface area contributed by atoms with Crippen LogP contribution in [-0.2, 0) is 9.59 Å². The van der Waals surface area contributed by atoms with Crippen LogP contribution in [0.5, 0.6) is 0 Å². The Kier molecular flexibility index (Phi) is 4.91. The standard InChI is InChI=1S/C24H19FN2O3/c1-14-6-5-7-17(12-14)27-21(19-8-3-4-11-26-19)20(23(29)24(27)30)22(28)16-9-10-18(25)15(2)13-16/h3-13,21,28H,1-2H3/b22-20-. The number of anilines is 1. The number of ketones is 1. The zero-order valence-electron chi connectivity index (χ0n) is 16.5. The molecule has 5 nitrogen and oxygen atoms in total. The molecule has 2 heterocycles. The van der Waals surface area contributed by atoms with E-state index in [-0.39, 0.29) is 16.9 Å². The van der Waals surface area contributed by atoms with Crippen LogP contribution >= 0.6 is 0 Å². The number of aliphatic hydroxyl groups is 1. The van der Waals surface area contributed by atoms with Crippen LogP contribution < -0.4 is 4.90 Å². The summed E-state index contributed by atoms with van der Waals surface area (Å²) in [7, 11) is 0. The first-order valence-corrected chi connectivity index (χ1v) is 9.43. The van der Waals surface area contributed by atoms with Gasteiger partial charge in [0.1, 0.15) is 17.6 Å². The minimum atomic E-state index is -0.904. The third-order valence-corrected chi connectivity index (χ3v) is 5.12. The number of amides is 1. The quantitative estimate of drug-likeness (QED) is 0.399. The largest absolute Gasteiger partial charge is 0.507 e. The lowest BCUT2D eigenvalue weighted by Gasteiger charge is -2.24. The summed E-state index contributed by atoms with van der Waals surface area (Å²) in [6.07, 6.45) is 1.56. The summed E-state index contributed by atoms with van der Waals surface area (Å²) >= 11 is 0. The molecule has 0 spiro atoms. The SMILES string of the molecule is Cc1cccc(N2C(=O)C(=O)/C(=C(\O)c3ccc(F)c(C)c3)C2c2ccccn2)c1. The van der Waals surface area contributed by atoms with Gasteiger partial charge in [0, 0.05) is 17.4 Å². The smallest absolute Gasteiger partial charge is 0.300 e. The van der Waals surface area contributed by atoms with E-state index < -0.39 is 23.5 Å². The second-order valence-corrected chi connectivity index (χ2v) is 7.23. The number of nitrogens with zero attached hydrogens (tertiary/aromatic N) is 2. The van der Waals surface area contributed by atoms with E-state index in [0.717, 1.165) is 5.56 Å². The Bertz CT molecular complexity index is 1190. The van der Waals surface area contributed by atoms with E-state index >= 15 is 0 Å². The molecule has 0 aliphatic carbocycles. The van der Waals surface area contributed by atoms with E-state index in [9.17, 15) is 19.1 Å². The van der Waals surface area contributed by atoms with Crippen molar-refractivity contribution in [2.24, 2.45) is 0 Å². The molecule has 6 heteroatoms. The second-order valence-electron chi connectivity index (χ2n) is 7.23. The fraction of sp³-hybridized carbons (Fsp3) is 0.125. The molecule has 1 aliphatic rings. The number of aryl methyl sites for hydroxylation is 2. The molecule has 30 heavy (non-hydrogen) atoms. The van der Waals surface area contributed by atoms with Crippen molar-refractivity contribution in [3.05, 3.63) is 101 Å². The fourth-order valence-electron chi connectivity index (χ4n) is 3.64. The van der Waals surface area contributed by atoms with Gasteiger partial charge in [-0.2, -0.15) is 0 Å². The fourth-order valence-corrected chi connectivity index (χ4v) is 3.64. The van der Waals surface area contributed by atoms with E-state index in [1.165, 1.54) is 23.1 Å². The number of carbonyl (C=O) groups excluding carboxylic acids is 2. The zero-order valence-corrected chi connectivity index (χ0v) is 16.5. The van der Waals surface area contributed by atoms with Crippen LogP contribution in [0, 0.1) is 19.7 Å². The number of hydrogen-bond acceptors (Lipinski definition) is 4. The molecule has 0 radical (unpaired) electrons. The van der Waals surface area contributed by atoms with Gasteiger partial charge < -0.3 is 5.11 Å². The maximum atomic E-state index is 13.7. The van der Waals surface area contributed by atoms with Gasteiger partial charge in [-0.25, -0.2) is 4.39 Å². The summed E-state index contributed by atoms with van der Waals surface area (Å²) in [5.74, 6) is -2.35. The Labute approximate surface area is 173 Å². The van der Waals surface area contributed by atoms with Gasteiger partial charge in [-0.15, -0.1) is 0 Å². The van der Waals surface area contributed by atoms with Crippen LogP contribution in [0.4, 0.5) is 10.1 Å². The van der Waals surface area contributed by atoms with Crippen molar-refractivity contribution in [2.75, 3.05) is 4.90 Å². The van der Waals surface area contributed by atoms with Gasteiger partial charge in [0.2, 0.25) is 0 Å². The Morgan fingerprint density at radius 2 is 1.83 bits per heavy atom. The van der Waals surface area contributed by atoms with Crippen molar-refractivity contribution in [3.63, 3.8) is 0 Å². The average Bonchev–Trinajstić information content (AvgIpc) is 3.01. The molecule has 4 rings (SSSR count). The predicted molar refractivity (Wildman–Crippen MR) is 111 cm³/mol. The van der Waals surface area contributed by atoms with Gasteiger partial charge in [-0.05, 0) is 67.4 Å². The van der Waals surface area contributed by atoms with Crippen LogP contribution in [0.1, 0.15) is 28.4 Å². The highest BCUT2D eigenvalue weighted by Gasteiger charge is 2.47. The van der Waals surface area contributed by atoms with Gasteiger partial charge in [-0.3, -0.25) is 19.5 Å². The van der Waals surface area contributed by atoms with Crippen LogP contribution in [0.3, 0.4) is 0 Å². The lowest BCUT2D eigenvalue weighted by Crippen LogP contribution is -2.29. The molecule has 1 N–H and O–H groups in total. The number of pyridine rings is 1. The predicted octanol–water partition coefficient (Wildman–Crippen LogP) is 4.46. The number of hydrogen-bond donors (Lipinski definition) is 1. The van der Waals surface area contributed by atoms with E-state index in [2.05, 4.69) is 4.98 Å². The number of benzene rings is 2. The molecular formula is C24H19FN2O3. The molecule has 1 fully saturated rings. The van der Waals surface area contributed by atoms with Crippen molar-refractivity contribution in [1.82, 2.24) is 4.98 Å². The van der Waals surface area contributed by atoms with Gasteiger partial charge >= 0.3 is 0 Å². The highest BCUT2D eigenvalue weighted by molar-refractivity contribution is 6.51. The minimum absolute atomic E-state index is 0.0776. The van der Waals surface area contributed by atoms with Gasteiger partial charge in [0.25, 0.3) is 11.7 Å². The Balaban J connectivity index is 1.95. The molecule has 1 atom stereocenters. The topological polar surface area (TPSA) is 70.5 Å². The number of carbonyl (C=O) groups is 2. The van der Waals surface area contributed by atoms with Crippen molar-refractivity contribution in [3.8, 4) is 0 Å². The summed E-state index contributed by atoms with van der Waals surface area (Å²) in [5, 5.41) is 11.0. The Hall–Kier alpha value is -3.80. The molecule has 1 aromatic heterocycles. The summed E-state index contributed by atoms with van der Waals surface area (Å²) in [6.45, 7) is 3.45. The molecule has 0 bridgehead atoms. The second kappa shape index (κ2) is 7.55. The molecule has 0 saturated carbocycles. The molecule has 150 valence electrons. The van der Waals surface area contributed by atoms with Crippen molar-refractivity contribution >= 4 is 23.1 Å². The average molecular weight is 402 g/mol. The molecule has 1 saturated heterocycles. The lowest BCUT2D eigenvalue weighted by atomic mass is 9.97. The third-order valence-electron chi connectivity index (χ3n) is 5.12. The van der Waals surface area contributed by atoms with Crippen molar-refractivity contribution in [1.29, 1.82) is 0 Å². The molecule has 2 aromatic carbocycles. The first-order valence-electron chi connectivity index (χ1n) is 9.43. The van der Waals surface area contributed by atoms with E-state index in [4.69, 9.17) is 0 Å². The first kappa shape index (κ1) is 19.5. The van der Waals surface area contributed by atoms with Gasteiger partial charge in [0.05, 0.1) is 11.3 Å². The van der Waals surface area contributed by atoms with E-state index in [1.54, 1.807) is 49.5 Å².